The van der Waals surface area contributed by atoms with Crippen molar-refractivity contribution in [3.05, 3.63) is 123 Å². The normalized spacial score (nSPS) is 11.4. The van der Waals surface area contributed by atoms with Crippen LogP contribution in [-0.2, 0) is 45.1 Å². The average molecular weight is 616 g/mol. The van der Waals surface area contributed by atoms with E-state index in [1.165, 1.54) is 55.7 Å². The zero-order valence-corrected chi connectivity index (χ0v) is 27.2. The number of hydrogen-bond acceptors (Lipinski definition) is 0. The molecule has 0 N–H and O–H groups in total. The molecular weight excluding hydrogens is 563 g/mol. The van der Waals surface area contributed by atoms with Crippen molar-refractivity contribution in [3.8, 4) is 0 Å². The molecule has 3 aromatic rings. The third-order valence-corrected chi connectivity index (χ3v) is 6.17. The van der Waals surface area contributed by atoms with E-state index in [-0.39, 0.29) is 77.8 Å². The molecule has 0 unspecified atom stereocenters. The number of rotatable bonds is 5. The van der Waals surface area contributed by atoms with Crippen LogP contribution in [0, 0.1) is 57.4 Å². The Labute approximate surface area is 230 Å². The Morgan fingerprint density at radius 1 is 0.818 bits per heavy atom. The van der Waals surface area contributed by atoms with Crippen LogP contribution in [0.1, 0.15) is 63.1 Å². The summed E-state index contributed by atoms with van der Waals surface area (Å²) in [5, 5.41) is 3.00. The zero-order chi connectivity index (χ0) is 17.7. The summed E-state index contributed by atoms with van der Waals surface area (Å²) in [7, 11) is 0. The van der Waals surface area contributed by atoms with E-state index < -0.39 is 0 Å². The van der Waals surface area contributed by atoms with Crippen LogP contribution in [-0.4, -0.2) is 0 Å². The number of hydrogen-bond donors (Lipinski definition) is 0. The van der Waals surface area contributed by atoms with Gasteiger partial charge in [0.25, 0.3) is 0 Å². The predicted molar refractivity (Wildman–Crippen MR) is 156 cm³/mol. The van der Waals surface area contributed by atoms with Crippen LogP contribution < -0.4 is 0 Å². The fourth-order valence-electron chi connectivity index (χ4n) is 4.26. The minimum Gasteiger partial charge on any atom is -0.358 e. The van der Waals surface area contributed by atoms with Gasteiger partial charge in [-0.15, -0.1) is 34.5 Å². The molecule has 0 spiro atoms. The molecule has 1 heteroatoms. The van der Waals surface area contributed by atoms with E-state index in [2.05, 4.69) is 45.0 Å². The van der Waals surface area contributed by atoms with E-state index >= 15 is 0 Å². The number of benzene rings is 1. The molecule has 1 aliphatic rings. The molecule has 194 valence electrons. The molecule has 0 nitrogen and oxygen atoms in total. The van der Waals surface area contributed by atoms with Crippen LogP contribution in [0.3, 0.4) is 0 Å². The topological polar surface area (TPSA) is 0 Å². The first-order valence-corrected chi connectivity index (χ1v) is 10.1. The second-order valence-corrected chi connectivity index (χ2v) is 7.69. The first-order chi connectivity index (χ1) is 12.2. The van der Waals surface area contributed by atoms with E-state index in [0.29, 0.717) is 5.41 Å². The number of unbranched alkanes of at least 4 members (excludes halogenated alkanes) is 1. The molecule has 3 aromatic carbocycles. The standard InChI is InChI=1S/C20H27.C5H5.7CH3.Hf/c1-4-7-8-15-9-10-16-11-17-13-20(5-2,6-3)14-18(17)12-19(15)16;1-2-4-5-3-1;;;;;;;;/h9-12H,4-8,13-14H2,1-3H3;1-5H;7*1H3;/q9*-1;. The Bertz CT molecular complexity index is 755. The minimum atomic E-state index is 0. The van der Waals surface area contributed by atoms with Crippen molar-refractivity contribution in [2.75, 3.05) is 0 Å². The summed E-state index contributed by atoms with van der Waals surface area (Å²) in [6.07, 6.45) is 9.04. The van der Waals surface area contributed by atoms with Gasteiger partial charge in [-0.3, -0.25) is 0 Å². The molecule has 0 aromatic heterocycles. The number of aryl methyl sites for hydroxylation is 1. The summed E-state index contributed by atoms with van der Waals surface area (Å²) in [6, 6.07) is 19.7. The van der Waals surface area contributed by atoms with E-state index in [1.807, 2.05) is 30.3 Å². The first kappa shape index (κ1) is 45.5. The van der Waals surface area contributed by atoms with Gasteiger partial charge in [-0.05, 0) is 31.1 Å². The summed E-state index contributed by atoms with van der Waals surface area (Å²) in [6.45, 7) is 7.00. The Morgan fingerprint density at radius 2 is 1.33 bits per heavy atom. The predicted octanol–water partition coefficient (Wildman–Crippen LogP) is 10.4. The van der Waals surface area contributed by atoms with Crippen LogP contribution in [0.4, 0.5) is 0 Å². The molecule has 0 atom stereocenters. The van der Waals surface area contributed by atoms with Crippen molar-refractivity contribution >= 4 is 10.8 Å². The van der Waals surface area contributed by atoms with Crippen molar-refractivity contribution in [2.24, 2.45) is 5.41 Å². The van der Waals surface area contributed by atoms with Gasteiger partial charge in [0.2, 0.25) is 0 Å². The van der Waals surface area contributed by atoms with Gasteiger partial charge in [-0.25, -0.2) is 12.1 Å². The van der Waals surface area contributed by atoms with Gasteiger partial charge in [0.1, 0.15) is 0 Å². The molecule has 4 rings (SSSR count). The van der Waals surface area contributed by atoms with Gasteiger partial charge in [0, 0.05) is 25.8 Å². The molecule has 0 aliphatic heterocycles. The SMILES string of the molecule is CCCC[c-]1ccc2cc3c(cc21)CC(CC)(CC)C3.[CH3-].[CH3-].[CH3-].[CH3-].[CH3-].[CH3-].[CH3-].[Hf].c1cc[cH-]c1. The quantitative estimate of drug-likeness (QED) is 0.198. The summed E-state index contributed by atoms with van der Waals surface area (Å²) < 4.78 is 0. The summed E-state index contributed by atoms with van der Waals surface area (Å²) in [4.78, 5) is 0. The summed E-state index contributed by atoms with van der Waals surface area (Å²) in [5.74, 6) is 0. The fraction of sp³-hybridized carbons (Fsp3) is 0.344. The largest absolute Gasteiger partial charge is 0.358 e. The van der Waals surface area contributed by atoms with Crippen LogP contribution >= 0.6 is 0 Å². The molecule has 0 amide bonds. The van der Waals surface area contributed by atoms with Gasteiger partial charge >= 0.3 is 0 Å². The van der Waals surface area contributed by atoms with Gasteiger partial charge in [-0.2, -0.15) is 24.3 Å². The Balaban J connectivity index is -0.000000126. The average Bonchev–Trinajstić information content (AvgIpc) is 3.38. The maximum absolute atomic E-state index is 2.52. The van der Waals surface area contributed by atoms with Gasteiger partial charge in [-0.1, -0.05) is 51.2 Å². The first-order valence-electron chi connectivity index (χ1n) is 10.1. The van der Waals surface area contributed by atoms with E-state index in [4.69, 9.17) is 0 Å². The van der Waals surface area contributed by atoms with Crippen molar-refractivity contribution < 1.29 is 25.8 Å². The molecule has 0 saturated carbocycles. The fourth-order valence-corrected chi connectivity index (χ4v) is 4.26. The van der Waals surface area contributed by atoms with E-state index in [9.17, 15) is 0 Å². The molecule has 0 bridgehead atoms. The van der Waals surface area contributed by atoms with E-state index in [1.54, 1.807) is 16.7 Å². The second kappa shape index (κ2) is 21.6. The van der Waals surface area contributed by atoms with Gasteiger partial charge < -0.3 is 52.0 Å². The maximum Gasteiger partial charge on any atom is 0 e. The minimum absolute atomic E-state index is 0. The van der Waals surface area contributed by atoms with Crippen LogP contribution in [0.2, 0.25) is 0 Å². The maximum atomic E-state index is 2.52. The molecule has 33 heavy (non-hydrogen) atoms. The zero-order valence-electron chi connectivity index (χ0n) is 23.6. The van der Waals surface area contributed by atoms with Crippen molar-refractivity contribution in [1.29, 1.82) is 0 Å². The van der Waals surface area contributed by atoms with Crippen molar-refractivity contribution in [2.45, 2.75) is 65.7 Å². The molecular formula is C32H53Hf-9. The van der Waals surface area contributed by atoms with Crippen LogP contribution in [0.15, 0.2) is 54.6 Å². The Hall–Kier alpha value is -0.950. The molecule has 0 fully saturated rings. The number of fused-ring (bicyclic) bond motifs is 2. The molecule has 0 radical (unpaired) electrons. The summed E-state index contributed by atoms with van der Waals surface area (Å²) in [5.41, 5.74) is 5.36. The van der Waals surface area contributed by atoms with Crippen LogP contribution in [0.5, 0.6) is 0 Å². The monoisotopic (exact) mass is 617 g/mol. The third-order valence-electron chi connectivity index (χ3n) is 6.17. The molecule has 0 saturated heterocycles. The Kier molecular flexibility index (Phi) is 29.8. The van der Waals surface area contributed by atoms with Gasteiger partial charge in [0.15, 0.2) is 0 Å². The van der Waals surface area contributed by atoms with Crippen molar-refractivity contribution in [1.82, 2.24) is 0 Å². The van der Waals surface area contributed by atoms with Crippen LogP contribution in [0.25, 0.3) is 10.8 Å². The summed E-state index contributed by atoms with van der Waals surface area (Å²) >= 11 is 0. The molecule has 1 aliphatic carbocycles. The van der Waals surface area contributed by atoms with Gasteiger partial charge in [0.05, 0.1) is 0 Å². The second-order valence-electron chi connectivity index (χ2n) is 7.69. The smallest absolute Gasteiger partial charge is 0 e. The Morgan fingerprint density at radius 3 is 1.76 bits per heavy atom. The molecule has 0 heterocycles. The van der Waals surface area contributed by atoms with Crippen molar-refractivity contribution in [3.63, 3.8) is 0 Å². The third kappa shape index (κ3) is 10.9. The van der Waals surface area contributed by atoms with E-state index in [0.717, 1.165) is 0 Å².